The van der Waals surface area contributed by atoms with Crippen LogP contribution in [0.5, 0.6) is 5.75 Å². The van der Waals surface area contributed by atoms with E-state index in [0.717, 1.165) is 16.3 Å². The second-order valence-corrected chi connectivity index (χ2v) is 7.11. The monoisotopic (exact) mass is 412 g/mol. The first kappa shape index (κ1) is 18.1. The van der Waals surface area contributed by atoms with Crippen molar-refractivity contribution in [3.05, 3.63) is 69.5 Å². The van der Waals surface area contributed by atoms with Gasteiger partial charge >= 0.3 is 0 Å². The zero-order chi connectivity index (χ0) is 19.7. The third-order valence-corrected chi connectivity index (χ3v) is 5.21. The number of aromatic amines is 1. The van der Waals surface area contributed by atoms with Crippen molar-refractivity contribution in [1.29, 1.82) is 0 Å². The molecule has 0 bridgehead atoms. The number of non-ortho nitro benzene ring substituents is 1. The highest BCUT2D eigenvalue weighted by molar-refractivity contribution is 7.13. The van der Waals surface area contributed by atoms with Gasteiger partial charge < -0.3 is 9.72 Å². The number of nitro benzene ring substituents is 1. The van der Waals surface area contributed by atoms with Gasteiger partial charge in [0.1, 0.15) is 16.6 Å². The Morgan fingerprint density at radius 3 is 2.93 bits per heavy atom. The number of imidazole rings is 1. The molecule has 4 rings (SSSR count). The molecule has 4 aromatic rings. The normalized spacial score (nSPS) is 11.7. The van der Waals surface area contributed by atoms with Gasteiger partial charge in [-0.05, 0) is 24.3 Å². The lowest BCUT2D eigenvalue weighted by atomic mass is 10.2. The summed E-state index contributed by atoms with van der Waals surface area (Å²) in [4.78, 5) is 22.4. The number of aromatic nitrogens is 3. The average Bonchev–Trinajstić information content (AvgIpc) is 3.34. The average molecular weight is 413 g/mol. The van der Waals surface area contributed by atoms with Crippen molar-refractivity contribution in [3.63, 3.8) is 0 Å². The molecule has 0 aliphatic rings. The molecule has 0 aliphatic carbocycles. The largest absolute Gasteiger partial charge is 0.497 e. The molecule has 7 nitrogen and oxygen atoms in total. The van der Waals surface area contributed by atoms with Crippen molar-refractivity contribution in [2.75, 3.05) is 7.11 Å². The van der Waals surface area contributed by atoms with Gasteiger partial charge in [0.15, 0.2) is 0 Å². The number of nitrogens with one attached hydrogen (secondary N) is 1. The first-order valence-electron chi connectivity index (χ1n) is 8.15. The Bertz CT molecular complexity index is 1210. The molecule has 0 saturated carbocycles. The van der Waals surface area contributed by atoms with E-state index in [1.165, 1.54) is 23.5 Å². The van der Waals surface area contributed by atoms with E-state index in [0.29, 0.717) is 27.6 Å². The third kappa shape index (κ3) is 3.60. The molecule has 140 valence electrons. The summed E-state index contributed by atoms with van der Waals surface area (Å²) < 4.78 is 5.25. The summed E-state index contributed by atoms with van der Waals surface area (Å²) in [6.07, 6.45) is 1.70. The first-order chi connectivity index (χ1) is 13.5. The van der Waals surface area contributed by atoms with Gasteiger partial charge in [0.05, 0.1) is 33.8 Å². The second-order valence-electron chi connectivity index (χ2n) is 5.85. The van der Waals surface area contributed by atoms with E-state index in [1.807, 2.05) is 29.6 Å². The highest BCUT2D eigenvalue weighted by atomic mass is 35.5. The molecular formula is C19H13ClN4O3S. The molecule has 1 N–H and O–H groups in total. The number of ether oxygens (including phenoxy) is 1. The highest BCUT2D eigenvalue weighted by Crippen LogP contribution is 2.29. The molecule has 0 spiro atoms. The van der Waals surface area contributed by atoms with Gasteiger partial charge in [-0.15, -0.1) is 11.3 Å². The van der Waals surface area contributed by atoms with Crippen LogP contribution in [0.2, 0.25) is 0 Å². The molecule has 0 radical (unpaired) electrons. The summed E-state index contributed by atoms with van der Waals surface area (Å²) in [5.74, 6) is 1.19. The maximum absolute atomic E-state index is 10.9. The van der Waals surface area contributed by atoms with Crippen LogP contribution in [0.3, 0.4) is 0 Å². The Hall–Kier alpha value is -3.23. The van der Waals surface area contributed by atoms with Crippen LogP contribution in [-0.2, 0) is 0 Å². The Balaban J connectivity index is 1.63. The lowest BCUT2D eigenvalue weighted by molar-refractivity contribution is -0.384. The zero-order valence-corrected chi connectivity index (χ0v) is 16.1. The number of methoxy groups -OCH3 is 1. The van der Waals surface area contributed by atoms with Gasteiger partial charge in [-0.2, -0.15) is 0 Å². The number of H-pyrrole nitrogens is 1. The van der Waals surface area contributed by atoms with Gasteiger partial charge in [0.25, 0.3) is 5.69 Å². The predicted molar refractivity (Wildman–Crippen MR) is 111 cm³/mol. The van der Waals surface area contributed by atoms with E-state index in [-0.39, 0.29) is 5.69 Å². The summed E-state index contributed by atoms with van der Waals surface area (Å²) in [6.45, 7) is 0. The van der Waals surface area contributed by atoms with E-state index in [9.17, 15) is 10.1 Å². The minimum Gasteiger partial charge on any atom is -0.497 e. The molecular weight excluding hydrogens is 400 g/mol. The molecule has 0 aliphatic heterocycles. The van der Waals surface area contributed by atoms with Crippen LogP contribution in [0.1, 0.15) is 11.5 Å². The molecule has 0 unspecified atom stereocenters. The standard InChI is InChI=1S/C19H13ClN4O3S/c1-27-14-4-2-3-11(7-14)19-21-12(10-28-19)8-15(20)18-22-16-6-5-13(24(25)26)9-17(16)23-18/h2-10H,1H3,(H,22,23)/b15-8+. The number of nitrogens with zero attached hydrogens (tertiary/aromatic N) is 3. The molecule has 0 atom stereocenters. The van der Waals surface area contributed by atoms with E-state index in [4.69, 9.17) is 16.3 Å². The third-order valence-electron chi connectivity index (χ3n) is 4.02. The Morgan fingerprint density at radius 1 is 1.29 bits per heavy atom. The van der Waals surface area contributed by atoms with E-state index in [1.54, 1.807) is 19.3 Å². The number of hydrogen-bond acceptors (Lipinski definition) is 6. The number of benzene rings is 2. The van der Waals surface area contributed by atoms with Crippen LogP contribution in [0, 0.1) is 10.1 Å². The van der Waals surface area contributed by atoms with Gasteiger partial charge in [-0.25, -0.2) is 9.97 Å². The fourth-order valence-electron chi connectivity index (χ4n) is 2.66. The summed E-state index contributed by atoms with van der Waals surface area (Å²) >= 11 is 7.89. The van der Waals surface area contributed by atoms with Crippen molar-refractivity contribution in [2.24, 2.45) is 0 Å². The van der Waals surface area contributed by atoms with Crippen LogP contribution >= 0.6 is 22.9 Å². The van der Waals surface area contributed by atoms with Crippen molar-refractivity contribution in [1.82, 2.24) is 15.0 Å². The Kier molecular flexibility index (Phi) is 4.81. The lowest BCUT2D eigenvalue weighted by Crippen LogP contribution is -1.86. The molecule has 2 aromatic heterocycles. The Labute approximate surface area is 168 Å². The summed E-state index contributed by atoms with van der Waals surface area (Å²) in [5, 5.41) is 14.0. The first-order valence-corrected chi connectivity index (χ1v) is 9.41. The fourth-order valence-corrected chi connectivity index (χ4v) is 3.64. The quantitative estimate of drug-likeness (QED) is 0.352. The van der Waals surface area contributed by atoms with E-state index < -0.39 is 4.92 Å². The van der Waals surface area contributed by atoms with Crippen molar-refractivity contribution < 1.29 is 9.66 Å². The zero-order valence-electron chi connectivity index (χ0n) is 14.5. The van der Waals surface area contributed by atoms with E-state index in [2.05, 4.69) is 15.0 Å². The molecule has 0 saturated heterocycles. The van der Waals surface area contributed by atoms with E-state index >= 15 is 0 Å². The van der Waals surface area contributed by atoms with Gasteiger partial charge in [-0.1, -0.05) is 23.7 Å². The minimum atomic E-state index is -0.452. The molecule has 9 heteroatoms. The number of fused-ring (bicyclic) bond motifs is 1. The molecule has 2 aromatic carbocycles. The SMILES string of the molecule is COc1cccc(-c2nc(/C=C(/Cl)c3nc4ccc([N+](=O)[O-])cc4[nH]3)cs2)c1. The van der Waals surface area contributed by atoms with Crippen molar-refractivity contribution in [2.45, 2.75) is 0 Å². The Morgan fingerprint density at radius 2 is 2.14 bits per heavy atom. The molecule has 0 fully saturated rings. The molecule has 2 heterocycles. The smallest absolute Gasteiger partial charge is 0.271 e. The van der Waals surface area contributed by atoms with Crippen LogP contribution in [-0.4, -0.2) is 27.0 Å². The van der Waals surface area contributed by atoms with Crippen molar-refractivity contribution in [3.8, 4) is 16.3 Å². The molecule has 0 amide bonds. The predicted octanol–water partition coefficient (Wildman–Crippen LogP) is 5.34. The molecule has 28 heavy (non-hydrogen) atoms. The number of rotatable bonds is 5. The fraction of sp³-hybridized carbons (Fsp3) is 0.0526. The number of hydrogen-bond donors (Lipinski definition) is 1. The second kappa shape index (κ2) is 7.41. The topological polar surface area (TPSA) is 93.9 Å². The van der Waals surface area contributed by atoms with Gasteiger partial charge in [0.2, 0.25) is 0 Å². The van der Waals surface area contributed by atoms with Gasteiger partial charge in [0, 0.05) is 23.1 Å². The van der Waals surface area contributed by atoms with Crippen LogP contribution < -0.4 is 4.74 Å². The lowest BCUT2D eigenvalue weighted by Gasteiger charge is -2.01. The van der Waals surface area contributed by atoms with Gasteiger partial charge in [-0.3, -0.25) is 10.1 Å². The summed E-state index contributed by atoms with van der Waals surface area (Å²) in [5.41, 5.74) is 2.79. The minimum absolute atomic E-state index is 0.00904. The maximum atomic E-state index is 10.9. The number of nitro groups is 1. The van der Waals surface area contributed by atoms with Crippen molar-refractivity contribution >= 4 is 50.8 Å². The summed E-state index contributed by atoms with van der Waals surface area (Å²) in [6, 6.07) is 12.1. The number of thiazole rings is 1. The maximum Gasteiger partial charge on any atom is 0.271 e. The highest BCUT2D eigenvalue weighted by Gasteiger charge is 2.12. The summed E-state index contributed by atoms with van der Waals surface area (Å²) in [7, 11) is 1.62. The van der Waals surface area contributed by atoms with Crippen LogP contribution in [0.4, 0.5) is 5.69 Å². The van der Waals surface area contributed by atoms with Crippen LogP contribution in [0.15, 0.2) is 47.8 Å². The number of halogens is 1. The van der Waals surface area contributed by atoms with Crippen LogP contribution in [0.25, 0.3) is 32.7 Å².